The summed E-state index contributed by atoms with van der Waals surface area (Å²) >= 11 is 5.32. The van der Waals surface area contributed by atoms with Gasteiger partial charge in [-0.05, 0) is 52.3 Å². The van der Waals surface area contributed by atoms with Gasteiger partial charge in [-0.1, -0.05) is 60.3 Å². The number of hydrogen-bond donors (Lipinski definition) is 0. The highest BCUT2D eigenvalue weighted by atomic mass is 79.9. The Bertz CT molecular complexity index is 884. The van der Waals surface area contributed by atoms with Crippen LogP contribution in [-0.4, -0.2) is 11.0 Å². The van der Waals surface area contributed by atoms with Gasteiger partial charge in [0.05, 0.1) is 22.9 Å². The quantitative estimate of drug-likeness (QED) is 0.522. The van der Waals surface area contributed by atoms with Crippen molar-refractivity contribution in [1.29, 1.82) is 0 Å². The number of thioether (sulfide) groups is 1. The summed E-state index contributed by atoms with van der Waals surface area (Å²) in [5.74, 6) is 0.822. The average molecular weight is 410 g/mol. The van der Waals surface area contributed by atoms with Gasteiger partial charge in [-0.3, -0.25) is 5.01 Å². The SMILES string of the molecule is Brc1ccccc1N=C1SCN(c2ccccc2)N1c1ccccc1. The normalized spacial score (nSPS) is 15.8. The van der Waals surface area contributed by atoms with Gasteiger partial charge in [0, 0.05) is 4.47 Å². The van der Waals surface area contributed by atoms with Crippen molar-refractivity contribution in [3.8, 4) is 0 Å². The fourth-order valence-electron chi connectivity index (χ4n) is 2.68. The fourth-order valence-corrected chi connectivity index (χ4v) is 4.04. The van der Waals surface area contributed by atoms with Crippen molar-refractivity contribution in [2.75, 3.05) is 15.9 Å². The zero-order valence-corrected chi connectivity index (χ0v) is 15.8. The van der Waals surface area contributed by atoms with E-state index in [0.29, 0.717) is 0 Å². The molecule has 4 rings (SSSR count). The Morgan fingerprint density at radius 3 is 2.04 bits per heavy atom. The topological polar surface area (TPSA) is 18.8 Å². The van der Waals surface area contributed by atoms with E-state index in [9.17, 15) is 0 Å². The number of rotatable bonds is 3. The van der Waals surface area contributed by atoms with Crippen molar-refractivity contribution in [2.45, 2.75) is 0 Å². The van der Waals surface area contributed by atoms with E-state index in [1.165, 1.54) is 0 Å². The van der Waals surface area contributed by atoms with E-state index in [1.807, 2.05) is 36.4 Å². The maximum atomic E-state index is 4.91. The van der Waals surface area contributed by atoms with Crippen molar-refractivity contribution in [3.05, 3.63) is 89.4 Å². The van der Waals surface area contributed by atoms with Crippen LogP contribution in [0, 0.1) is 0 Å². The van der Waals surface area contributed by atoms with E-state index < -0.39 is 0 Å². The fraction of sp³-hybridized carbons (Fsp3) is 0.0500. The molecule has 0 aliphatic carbocycles. The molecule has 1 aliphatic rings. The Balaban J connectivity index is 1.78. The number of hydrogen-bond acceptors (Lipinski definition) is 3. The lowest BCUT2D eigenvalue weighted by molar-refractivity contribution is 0.969. The molecule has 0 amide bonds. The lowest BCUT2D eigenvalue weighted by atomic mass is 10.3. The maximum Gasteiger partial charge on any atom is 0.190 e. The van der Waals surface area contributed by atoms with Gasteiger partial charge < -0.3 is 0 Å². The molecule has 0 aromatic heterocycles. The highest BCUT2D eigenvalue weighted by molar-refractivity contribution is 9.10. The first-order chi connectivity index (χ1) is 12.3. The molecule has 0 unspecified atom stereocenters. The first-order valence-corrected chi connectivity index (χ1v) is 9.74. The van der Waals surface area contributed by atoms with E-state index >= 15 is 0 Å². The molecule has 0 atom stereocenters. The van der Waals surface area contributed by atoms with E-state index in [-0.39, 0.29) is 0 Å². The second-order valence-electron chi connectivity index (χ2n) is 5.50. The predicted molar refractivity (Wildman–Crippen MR) is 112 cm³/mol. The highest BCUT2D eigenvalue weighted by Crippen LogP contribution is 2.35. The highest BCUT2D eigenvalue weighted by Gasteiger charge is 2.30. The van der Waals surface area contributed by atoms with Crippen LogP contribution in [0.25, 0.3) is 0 Å². The van der Waals surface area contributed by atoms with Crippen LogP contribution in [0.1, 0.15) is 0 Å². The van der Waals surface area contributed by atoms with E-state index in [1.54, 1.807) is 11.8 Å². The minimum Gasteiger partial charge on any atom is -0.269 e. The van der Waals surface area contributed by atoms with E-state index in [4.69, 9.17) is 4.99 Å². The average Bonchev–Trinajstić information content (AvgIpc) is 3.09. The van der Waals surface area contributed by atoms with Crippen molar-refractivity contribution < 1.29 is 0 Å². The zero-order chi connectivity index (χ0) is 17.1. The van der Waals surface area contributed by atoms with Crippen molar-refractivity contribution in [2.24, 2.45) is 4.99 Å². The summed E-state index contributed by atoms with van der Waals surface area (Å²) in [7, 11) is 0. The molecule has 0 N–H and O–H groups in total. The van der Waals surface area contributed by atoms with Crippen LogP contribution in [0.5, 0.6) is 0 Å². The van der Waals surface area contributed by atoms with Crippen LogP contribution >= 0.6 is 27.7 Å². The number of anilines is 2. The number of benzene rings is 3. The second-order valence-corrected chi connectivity index (χ2v) is 7.27. The van der Waals surface area contributed by atoms with Gasteiger partial charge >= 0.3 is 0 Å². The number of para-hydroxylation sites is 3. The third-order valence-corrected chi connectivity index (χ3v) is 5.43. The molecule has 0 spiro atoms. The van der Waals surface area contributed by atoms with Crippen molar-refractivity contribution in [3.63, 3.8) is 0 Å². The van der Waals surface area contributed by atoms with Gasteiger partial charge in [0.1, 0.15) is 0 Å². The first-order valence-electron chi connectivity index (χ1n) is 7.96. The molecule has 3 nitrogen and oxygen atoms in total. The number of hydrazine groups is 1. The molecule has 0 bridgehead atoms. The molecule has 1 heterocycles. The van der Waals surface area contributed by atoms with Crippen molar-refractivity contribution >= 4 is 49.9 Å². The molecular weight excluding hydrogens is 394 g/mol. The van der Waals surface area contributed by atoms with Crippen LogP contribution in [0.2, 0.25) is 0 Å². The van der Waals surface area contributed by atoms with Crippen LogP contribution in [0.15, 0.2) is 94.4 Å². The van der Waals surface area contributed by atoms with Crippen LogP contribution in [-0.2, 0) is 0 Å². The molecule has 3 aromatic rings. The Morgan fingerprint density at radius 2 is 1.36 bits per heavy atom. The molecule has 0 radical (unpaired) electrons. The summed E-state index contributed by atoms with van der Waals surface area (Å²) in [6.45, 7) is 0. The molecular formula is C20H16BrN3S. The van der Waals surface area contributed by atoms with Crippen molar-refractivity contribution in [1.82, 2.24) is 0 Å². The largest absolute Gasteiger partial charge is 0.269 e. The Hall–Kier alpha value is -2.24. The van der Waals surface area contributed by atoms with E-state index in [0.717, 1.165) is 32.6 Å². The molecule has 1 fully saturated rings. The molecule has 1 aliphatic heterocycles. The number of aliphatic imine (C=N–C) groups is 1. The summed E-state index contributed by atoms with van der Waals surface area (Å²) in [4.78, 5) is 4.91. The predicted octanol–water partition coefficient (Wildman–Crippen LogP) is 6.07. The summed E-state index contributed by atoms with van der Waals surface area (Å²) in [5, 5.41) is 5.39. The van der Waals surface area contributed by atoms with Gasteiger partial charge in [-0.2, -0.15) is 0 Å². The monoisotopic (exact) mass is 409 g/mol. The first kappa shape index (κ1) is 16.2. The Morgan fingerprint density at radius 1 is 0.760 bits per heavy atom. The van der Waals surface area contributed by atoms with Crippen LogP contribution in [0.3, 0.4) is 0 Å². The van der Waals surface area contributed by atoms with Crippen LogP contribution in [0.4, 0.5) is 17.1 Å². The number of nitrogens with zero attached hydrogens (tertiary/aromatic N) is 3. The minimum atomic E-state index is 0.822. The lowest BCUT2D eigenvalue weighted by Gasteiger charge is -2.30. The summed E-state index contributed by atoms with van der Waals surface area (Å²) in [5.41, 5.74) is 3.18. The number of halogens is 1. The van der Waals surface area contributed by atoms with Gasteiger partial charge in [0.2, 0.25) is 0 Å². The summed E-state index contributed by atoms with van der Waals surface area (Å²) < 4.78 is 0.995. The summed E-state index contributed by atoms with van der Waals surface area (Å²) in [6, 6.07) is 28.8. The lowest BCUT2D eigenvalue weighted by Crippen LogP contribution is -2.39. The smallest absolute Gasteiger partial charge is 0.190 e. The van der Waals surface area contributed by atoms with E-state index in [2.05, 4.69) is 74.5 Å². The Labute approximate surface area is 160 Å². The minimum absolute atomic E-state index is 0.822. The van der Waals surface area contributed by atoms with Crippen LogP contribution < -0.4 is 10.0 Å². The molecule has 25 heavy (non-hydrogen) atoms. The maximum absolute atomic E-state index is 4.91. The summed E-state index contributed by atoms with van der Waals surface area (Å²) in [6.07, 6.45) is 0. The standard InChI is InChI=1S/C20H16BrN3S/c21-18-13-7-8-14-19(18)22-20-24(17-11-5-2-6-12-17)23(15-25-20)16-9-3-1-4-10-16/h1-14H,15H2. The van der Waals surface area contributed by atoms with Gasteiger partial charge in [0.15, 0.2) is 5.17 Å². The molecule has 0 saturated carbocycles. The third kappa shape index (κ3) is 3.43. The molecule has 1 saturated heterocycles. The third-order valence-electron chi connectivity index (χ3n) is 3.86. The second kappa shape index (κ2) is 7.33. The zero-order valence-electron chi connectivity index (χ0n) is 13.4. The van der Waals surface area contributed by atoms with Gasteiger partial charge in [-0.15, -0.1) is 0 Å². The van der Waals surface area contributed by atoms with Gasteiger partial charge in [-0.25, -0.2) is 10.0 Å². The van der Waals surface area contributed by atoms with Gasteiger partial charge in [0.25, 0.3) is 0 Å². The number of amidine groups is 1. The molecule has 5 heteroatoms. The molecule has 124 valence electrons. The molecule has 3 aromatic carbocycles. The Kier molecular flexibility index (Phi) is 4.76.